The van der Waals surface area contributed by atoms with E-state index in [2.05, 4.69) is 9.99 Å². The lowest BCUT2D eigenvalue weighted by Gasteiger charge is -1.98. The molecular weight excluding hydrogens is 270 g/mol. The molecular formula is C13H12ClNO2S. The van der Waals surface area contributed by atoms with E-state index in [9.17, 15) is 4.79 Å². The molecule has 0 saturated carbocycles. The summed E-state index contributed by atoms with van der Waals surface area (Å²) in [7, 11) is 0. The number of nitrogens with zero attached hydrogens (tertiary/aromatic N) is 1. The highest BCUT2D eigenvalue weighted by Gasteiger charge is 2.11. The second-order valence-corrected chi connectivity index (χ2v) is 5.44. The first-order chi connectivity index (χ1) is 8.49. The summed E-state index contributed by atoms with van der Waals surface area (Å²) < 4.78 is 1.14. The lowest BCUT2D eigenvalue weighted by molar-refractivity contribution is -0.140. The lowest BCUT2D eigenvalue weighted by atomic mass is 10.1. The molecule has 18 heavy (non-hydrogen) atoms. The van der Waals surface area contributed by atoms with Gasteiger partial charge in [-0.3, -0.25) is 0 Å². The molecule has 0 aliphatic rings. The van der Waals surface area contributed by atoms with Gasteiger partial charge in [-0.2, -0.15) is 0 Å². The second kappa shape index (κ2) is 5.08. The number of rotatable bonds is 2. The molecule has 0 fully saturated rings. The van der Waals surface area contributed by atoms with Crippen molar-refractivity contribution >= 4 is 44.7 Å². The topological polar surface area (TPSA) is 38.7 Å². The Labute approximate surface area is 114 Å². The molecule has 1 aromatic heterocycles. The minimum absolute atomic E-state index is 0.420. The predicted octanol–water partition coefficient (Wildman–Crippen LogP) is 4.15. The molecule has 0 spiro atoms. The Morgan fingerprint density at radius 3 is 2.78 bits per heavy atom. The van der Waals surface area contributed by atoms with Crippen LogP contribution in [0.3, 0.4) is 0 Å². The van der Waals surface area contributed by atoms with Gasteiger partial charge < -0.3 is 4.84 Å². The van der Waals surface area contributed by atoms with E-state index in [1.807, 2.05) is 32.0 Å². The quantitative estimate of drug-likeness (QED) is 0.471. The monoisotopic (exact) mass is 281 g/mol. The predicted molar refractivity (Wildman–Crippen MR) is 75.5 cm³/mol. The van der Waals surface area contributed by atoms with Crippen molar-refractivity contribution in [2.75, 3.05) is 0 Å². The highest BCUT2D eigenvalue weighted by molar-refractivity contribution is 7.21. The molecule has 2 rings (SSSR count). The number of halogens is 1. The van der Waals surface area contributed by atoms with Gasteiger partial charge in [0.1, 0.15) is 0 Å². The molecule has 0 unspecified atom stereocenters. The summed E-state index contributed by atoms with van der Waals surface area (Å²) >= 11 is 7.60. The summed E-state index contributed by atoms with van der Waals surface area (Å²) in [6.07, 6.45) is 0. The SMILES string of the molecule is CC(=O)O/N=C(\C)c1sc2ccc(Cl)cc2c1C. The number of hydrogen-bond donors (Lipinski definition) is 0. The maximum Gasteiger partial charge on any atom is 0.331 e. The van der Waals surface area contributed by atoms with Crippen LogP contribution in [0, 0.1) is 6.92 Å². The van der Waals surface area contributed by atoms with Crippen LogP contribution in [0.15, 0.2) is 23.4 Å². The van der Waals surface area contributed by atoms with Crippen LogP contribution in [0.4, 0.5) is 0 Å². The molecule has 3 nitrogen and oxygen atoms in total. The average Bonchev–Trinajstić information content (AvgIpc) is 2.64. The molecule has 0 amide bonds. The standard InChI is InChI=1S/C13H12ClNO2S/c1-7-11-6-10(14)4-5-12(11)18-13(7)8(2)15-17-9(3)16/h4-6H,1-3H3/b15-8+. The molecule has 0 N–H and O–H groups in total. The summed E-state index contributed by atoms with van der Waals surface area (Å²) in [5, 5.41) is 5.64. The molecule has 0 saturated heterocycles. The zero-order chi connectivity index (χ0) is 13.3. The summed E-state index contributed by atoms with van der Waals surface area (Å²) in [5.41, 5.74) is 1.80. The third-order valence-electron chi connectivity index (χ3n) is 2.54. The maximum absolute atomic E-state index is 10.7. The highest BCUT2D eigenvalue weighted by atomic mass is 35.5. The molecule has 0 bridgehead atoms. The van der Waals surface area contributed by atoms with E-state index in [1.54, 1.807) is 11.3 Å². The van der Waals surface area contributed by atoms with Crippen LogP contribution in [-0.2, 0) is 9.63 Å². The Bertz CT molecular complexity index is 646. The number of carbonyl (C=O) groups excluding carboxylic acids is 1. The molecule has 2 aromatic rings. The number of aryl methyl sites for hydroxylation is 1. The number of hydrogen-bond acceptors (Lipinski definition) is 4. The smallest absolute Gasteiger partial charge is 0.318 e. The number of fused-ring (bicyclic) bond motifs is 1. The number of thiophene rings is 1. The average molecular weight is 282 g/mol. The molecule has 0 radical (unpaired) electrons. The van der Waals surface area contributed by atoms with Crippen LogP contribution in [0.2, 0.25) is 5.02 Å². The van der Waals surface area contributed by atoms with Crippen molar-refractivity contribution in [1.82, 2.24) is 0 Å². The van der Waals surface area contributed by atoms with Gasteiger partial charge >= 0.3 is 5.97 Å². The van der Waals surface area contributed by atoms with Gasteiger partial charge in [0.2, 0.25) is 0 Å². The summed E-state index contributed by atoms with van der Waals surface area (Å²) in [4.78, 5) is 16.4. The van der Waals surface area contributed by atoms with Gasteiger partial charge in [-0.1, -0.05) is 16.8 Å². The number of oxime groups is 1. The minimum Gasteiger partial charge on any atom is -0.318 e. The molecule has 5 heteroatoms. The van der Waals surface area contributed by atoms with Gasteiger partial charge in [-0.15, -0.1) is 11.3 Å². The fraction of sp³-hybridized carbons (Fsp3) is 0.231. The molecule has 0 aliphatic heterocycles. The van der Waals surface area contributed by atoms with Gasteiger partial charge in [0, 0.05) is 16.6 Å². The first-order valence-electron chi connectivity index (χ1n) is 5.40. The Morgan fingerprint density at radius 2 is 2.11 bits per heavy atom. The van der Waals surface area contributed by atoms with Crippen LogP contribution in [0.25, 0.3) is 10.1 Å². The van der Waals surface area contributed by atoms with Crippen molar-refractivity contribution in [3.8, 4) is 0 Å². The van der Waals surface area contributed by atoms with Gasteiger partial charge in [-0.05, 0) is 43.0 Å². The normalized spacial score (nSPS) is 11.9. The first-order valence-corrected chi connectivity index (χ1v) is 6.59. The van der Waals surface area contributed by atoms with Crippen LogP contribution in [0.5, 0.6) is 0 Å². The largest absolute Gasteiger partial charge is 0.331 e. The summed E-state index contributed by atoms with van der Waals surface area (Å²) in [6, 6.07) is 5.78. The van der Waals surface area contributed by atoms with Crippen LogP contribution in [0.1, 0.15) is 24.3 Å². The number of benzene rings is 1. The van der Waals surface area contributed by atoms with E-state index in [0.29, 0.717) is 10.7 Å². The third kappa shape index (κ3) is 2.54. The Hall–Kier alpha value is -1.39. The van der Waals surface area contributed by atoms with E-state index in [-0.39, 0.29) is 0 Å². The van der Waals surface area contributed by atoms with Gasteiger partial charge in [0.15, 0.2) is 0 Å². The van der Waals surface area contributed by atoms with E-state index in [1.165, 1.54) is 6.92 Å². The van der Waals surface area contributed by atoms with Gasteiger partial charge in [0.25, 0.3) is 0 Å². The fourth-order valence-corrected chi connectivity index (χ4v) is 3.01. The Kier molecular flexibility index (Phi) is 3.68. The van der Waals surface area contributed by atoms with Crippen molar-refractivity contribution in [3.63, 3.8) is 0 Å². The van der Waals surface area contributed by atoms with Crippen molar-refractivity contribution < 1.29 is 9.63 Å². The summed E-state index contributed by atoms with van der Waals surface area (Å²) in [5.74, 6) is -0.420. The van der Waals surface area contributed by atoms with Crippen LogP contribution < -0.4 is 0 Å². The fourth-order valence-electron chi connectivity index (χ4n) is 1.71. The lowest BCUT2D eigenvalue weighted by Crippen LogP contribution is -1.98. The van der Waals surface area contributed by atoms with Crippen LogP contribution >= 0.6 is 22.9 Å². The van der Waals surface area contributed by atoms with E-state index in [4.69, 9.17) is 11.6 Å². The van der Waals surface area contributed by atoms with E-state index < -0.39 is 5.97 Å². The number of carbonyl (C=O) groups is 1. The van der Waals surface area contributed by atoms with E-state index >= 15 is 0 Å². The van der Waals surface area contributed by atoms with Crippen molar-refractivity contribution in [3.05, 3.63) is 33.7 Å². The molecule has 1 aromatic carbocycles. The van der Waals surface area contributed by atoms with Crippen molar-refractivity contribution in [1.29, 1.82) is 0 Å². The molecule has 0 aliphatic carbocycles. The zero-order valence-corrected chi connectivity index (χ0v) is 11.9. The van der Waals surface area contributed by atoms with Crippen LogP contribution in [-0.4, -0.2) is 11.7 Å². The highest BCUT2D eigenvalue weighted by Crippen LogP contribution is 2.33. The molecule has 94 valence electrons. The molecule has 1 heterocycles. The first kappa shape index (κ1) is 13.1. The maximum atomic E-state index is 10.7. The van der Waals surface area contributed by atoms with E-state index in [0.717, 1.165) is 20.5 Å². The van der Waals surface area contributed by atoms with Gasteiger partial charge in [-0.25, -0.2) is 4.79 Å². The minimum atomic E-state index is -0.420. The third-order valence-corrected chi connectivity index (χ3v) is 4.15. The second-order valence-electron chi connectivity index (χ2n) is 3.96. The van der Waals surface area contributed by atoms with Gasteiger partial charge in [0.05, 0.1) is 10.6 Å². The molecule has 0 atom stereocenters. The zero-order valence-electron chi connectivity index (χ0n) is 10.3. The summed E-state index contributed by atoms with van der Waals surface area (Å²) in [6.45, 7) is 5.16. The van der Waals surface area contributed by atoms with Crippen molar-refractivity contribution in [2.45, 2.75) is 20.8 Å². The Balaban J connectivity index is 2.49. The Morgan fingerprint density at radius 1 is 1.39 bits per heavy atom. The van der Waals surface area contributed by atoms with Crippen molar-refractivity contribution in [2.24, 2.45) is 5.16 Å².